The fourth-order valence-electron chi connectivity index (χ4n) is 3.79. The third kappa shape index (κ3) is 3.71. The number of benzene rings is 2. The highest BCUT2D eigenvalue weighted by Crippen LogP contribution is 2.56. The van der Waals surface area contributed by atoms with Crippen LogP contribution in [-0.4, -0.2) is 19.2 Å². The highest BCUT2D eigenvalue weighted by molar-refractivity contribution is 7.89. The topological polar surface area (TPSA) is 90.1 Å². The predicted octanol–water partition coefficient (Wildman–Crippen LogP) is 4.93. The first kappa shape index (κ1) is 20.8. The summed E-state index contributed by atoms with van der Waals surface area (Å²) < 4.78 is 38.2. The SMILES string of the molecule is NS(=O)(=O)c1ccc(-c2sc(C3(C(=O)C4CC4)CC3)nc2-c2ccc(Cl)cc2)c(F)c1. The summed E-state index contributed by atoms with van der Waals surface area (Å²) in [5.74, 6) is -0.365. The zero-order valence-corrected chi connectivity index (χ0v) is 18.7. The number of nitrogens with two attached hydrogens (primary N) is 1. The molecule has 0 atom stereocenters. The lowest BCUT2D eigenvalue weighted by Gasteiger charge is -2.09. The molecule has 2 aliphatic carbocycles. The van der Waals surface area contributed by atoms with Gasteiger partial charge in [-0.1, -0.05) is 23.7 Å². The van der Waals surface area contributed by atoms with Gasteiger partial charge in [0.1, 0.15) is 16.6 Å². The Balaban J connectivity index is 1.66. The van der Waals surface area contributed by atoms with Crippen molar-refractivity contribution < 1.29 is 17.6 Å². The molecule has 2 fully saturated rings. The van der Waals surface area contributed by atoms with Crippen LogP contribution in [0.3, 0.4) is 0 Å². The fourth-order valence-corrected chi connectivity index (χ4v) is 5.81. The predicted molar refractivity (Wildman–Crippen MR) is 118 cm³/mol. The zero-order chi connectivity index (χ0) is 22.0. The van der Waals surface area contributed by atoms with Crippen LogP contribution in [0.2, 0.25) is 5.02 Å². The van der Waals surface area contributed by atoms with E-state index in [-0.39, 0.29) is 22.2 Å². The van der Waals surface area contributed by atoms with Gasteiger partial charge in [-0.25, -0.2) is 22.9 Å². The number of nitrogens with zero attached hydrogens (tertiary/aromatic N) is 1. The molecule has 2 aliphatic rings. The molecular formula is C22H18ClFN2O3S2. The number of halogens is 2. The number of hydrogen-bond acceptors (Lipinski definition) is 5. The van der Waals surface area contributed by atoms with Gasteiger partial charge >= 0.3 is 0 Å². The summed E-state index contributed by atoms with van der Waals surface area (Å²) in [7, 11) is -4.02. The second kappa shape index (κ2) is 7.20. The van der Waals surface area contributed by atoms with Crippen molar-refractivity contribution in [3.05, 3.63) is 58.3 Å². The smallest absolute Gasteiger partial charge is 0.238 e. The second-order valence-corrected chi connectivity index (χ2v) is 11.1. The van der Waals surface area contributed by atoms with E-state index in [9.17, 15) is 13.2 Å². The summed E-state index contributed by atoms with van der Waals surface area (Å²) in [4.78, 5) is 18.0. The molecule has 1 aromatic heterocycles. The van der Waals surface area contributed by atoms with Gasteiger partial charge in [0.15, 0.2) is 0 Å². The number of Topliss-reactive ketones (excluding diaryl/α,β-unsaturated/α-hetero) is 1. The number of thiazole rings is 1. The number of carbonyl (C=O) groups excluding carboxylic acids is 1. The average Bonchev–Trinajstić information content (AvgIpc) is 3.65. The van der Waals surface area contributed by atoms with Gasteiger partial charge in [-0.15, -0.1) is 11.3 Å². The van der Waals surface area contributed by atoms with Crippen LogP contribution >= 0.6 is 22.9 Å². The first-order valence-electron chi connectivity index (χ1n) is 9.83. The molecule has 31 heavy (non-hydrogen) atoms. The van der Waals surface area contributed by atoms with Gasteiger partial charge in [0.2, 0.25) is 10.0 Å². The maximum absolute atomic E-state index is 15.0. The summed E-state index contributed by atoms with van der Waals surface area (Å²) in [5.41, 5.74) is 0.943. The highest BCUT2D eigenvalue weighted by atomic mass is 35.5. The fraction of sp³-hybridized carbons (Fsp3) is 0.273. The number of rotatable bonds is 6. The number of carbonyl (C=O) groups is 1. The van der Waals surface area contributed by atoms with Gasteiger partial charge in [-0.2, -0.15) is 0 Å². The first-order chi connectivity index (χ1) is 14.7. The van der Waals surface area contributed by atoms with Crippen LogP contribution in [0.4, 0.5) is 4.39 Å². The van der Waals surface area contributed by atoms with Crippen molar-refractivity contribution in [1.82, 2.24) is 4.98 Å². The van der Waals surface area contributed by atoms with E-state index < -0.39 is 21.3 Å². The van der Waals surface area contributed by atoms with Gasteiger partial charge in [-0.05, 0) is 56.0 Å². The Morgan fingerprint density at radius 3 is 2.39 bits per heavy atom. The first-order valence-corrected chi connectivity index (χ1v) is 12.6. The van der Waals surface area contributed by atoms with E-state index in [2.05, 4.69) is 0 Å². The molecule has 1 heterocycles. The van der Waals surface area contributed by atoms with Crippen molar-refractivity contribution in [2.24, 2.45) is 11.1 Å². The number of aromatic nitrogens is 1. The molecule has 0 aliphatic heterocycles. The molecule has 2 N–H and O–H groups in total. The molecule has 9 heteroatoms. The van der Waals surface area contributed by atoms with E-state index in [1.807, 2.05) is 0 Å². The van der Waals surface area contributed by atoms with Crippen molar-refractivity contribution in [3.63, 3.8) is 0 Å². The second-order valence-electron chi connectivity index (χ2n) is 8.11. The lowest BCUT2D eigenvalue weighted by Crippen LogP contribution is -2.21. The van der Waals surface area contributed by atoms with Gasteiger partial charge in [0.25, 0.3) is 0 Å². The minimum absolute atomic E-state index is 0.111. The molecule has 0 amide bonds. The Labute approximate surface area is 188 Å². The molecule has 0 unspecified atom stereocenters. The molecule has 160 valence electrons. The minimum Gasteiger partial charge on any atom is -0.298 e. The van der Waals surface area contributed by atoms with Crippen molar-refractivity contribution in [3.8, 4) is 21.7 Å². The summed E-state index contributed by atoms with van der Waals surface area (Å²) >= 11 is 7.32. The Bertz CT molecular complexity index is 1310. The van der Waals surface area contributed by atoms with Crippen LogP contribution in [0.1, 0.15) is 30.7 Å². The molecule has 5 nitrogen and oxygen atoms in total. The summed E-state index contributed by atoms with van der Waals surface area (Å²) in [6.45, 7) is 0. The monoisotopic (exact) mass is 476 g/mol. The Morgan fingerprint density at radius 2 is 1.84 bits per heavy atom. The summed E-state index contributed by atoms with van der Waals surface area (Å²) in [6, 6.07) is 10.6. The molecule has 5 rings (SSSR count). The van der Waals surface area contributed by atoms with Crippen LogP contribution in [-0.2, 0) is 20.2 Å². The van der Waals surface area contributed by atoms with Gasteiger partial charge in [0.05, 0.1) is 20.9 Å². The Hall–Kier alpha value is -2.13. The average molecular weight is 477 g/mol. The molecular weight excluding hydrogens is 459 g/mol. The van der Waals surface area contributed by atoms with Crippen LogP contribution < -0.4 is 5.14 Å². The van der Waals surface area contributed by atoms with Gasteiger partial charge in [-0.3, -0.25) is 4.79 Å². The van der Waals surface area contributed by atoms with E-state index in [0.29, 0.717) is 20.6 Å². The minimum atomic E-state index is -4.02. The van der Waals surface area contributed by atoms with Crippen LogP contribution in [0.15, 0.2) is 47.4 Å². The molecule has 3 aromatic rings. The number of sulfonamides is 1. The molecule has 0 radical (unpaired) electrons. The van der Waals surface area contributed by atoms with Crippen LogP contribution in [0.25, 0.3) is 21.7 Å². The quantitative estimate of drug-likeness (QED) is 0.546. The van der Waals surface area contributed by atoms with Gasteiger partial charge in [0, 0.05) is 22.1 Å². The maximum Gasteiger partial charge on any atom is 0.238 e. The van der Waals surface area contributed by atoms with E-state index in [0.717, 1.165) is 37.3 Å². The molecule has 2 saturated carbocycles. The largest absolute Gasteiger partial charge is 0.298 e. The van der Waals surface area contributed by atoms with E-state index in [1.165, 1.54) is 23.5 Å². The zero-order valence-electron chi connectivity index (χ0n) is 16.3. The number of hydrogen-bond donors (Lipinski definition) is 1. The third-order valence-corrected chi connectivity index (χ3v) is 8.29. The highest BCUT2D eigenvalue weighted by Gasteiger charge is 2.57. The van der Waals surface area contributed by atoms with E-state index in [4.69, 9.17) is 21.7 Å². The lowest BCUT2D eigenvalue weighted by molar-refractivity contribution is -0.122. The number of primary sulfonamides is 1. The Morgan fingerprint density at radius 1 is 1.16 bits per heavy atom. The van der Waals surface area contributed by atoms with Crippen molar-refractivity contribution in [2.45, 2.75) is 36.0 Å². The van der Waals surface area contributed by atoms with Gasteiger partial charge < -0.3 is 0 Å². The molecule has 2 aromatic carbocycles. The standard InChI is InChI=1S/C22H18ClFN2O3S2/c23-14-5-3-12(4-6-14)18-19(16-8-7-15(11-17(16)24)31(25,28)29)30-21(26-18)22(9-10-22)20(27)13-1-2-13/h3-8,11,13H,1-2,9-10H2,(H2,25,28,29). The van der Waals surface area contributed by atoms with E-state index >= 15 is 4.39 Å². The number of ketones is 1. The third-order valence-electron chi connectivity index (χ3n) is 5.84. The molecule has 0 bridgehead atoms. The maximum atomic E-state index is 15.0. The Kier molecular flexibility index (Phi) is 4.82. The molecule has 0 saturated heterocycles. The molecule has 0 spiro atoms. The summed E-state index contributed by atoms with van der Waals surface area (Å²) in [6.07, 6.45) is 3.35. The van der Waals surface area contributed by atoms with E-state index in [1.54, 1.807) is 24.3 Å². The normalized spacial score (nSPS) is 17.5. The van der Waals surface area contributed by atoms with Crippen LogP contribution in [0, 0.1) is 11.7 Å². The van der Waals surface area contributed by atoms with Crippen molar-refractivity contribution in [1.29, 1.82) is 0 Å². The van der Waals surface area contributed by atoms with Crippen molar-refractivity contribution in [2.75, 3.05) is 0 Å². The summed E-state index contributed by atoms with van der Waals surface area (Å²) in [5, 5.41) is 6.39. The van der Waals surface area contributed by atoms with Crippen LogP contribution in [0.5, 0.6) is 0 Å². The lowest BCUT2D eigenvalue weighted by atomic mass is 9.98. The van der Waals surface area contributed by atoms with Crippen molar-refractivity contribution >= 4 is 38.7 Å².